The van der Waals surface area contributed by atoms with Crippen LogP contribution in [0.2, 0.25) is 0 Å². The van der Waals surface area contributed by atoms with Crippen LogP contribution >= 0.6 is 0 Å². The maximum absolute atomic E-state index is 13.9. The Labute approximate surface area is 240 Å². The third-order valence-corrected chi connectivity index (χ3v) is 6.29. The van der Waals surface area contributed by atoms with Gasteiger partial charge in [0.05, 0.1) is 0 Å². The minimum Gasteiger partial charge on any atom is -0.444 e. The molecule has 214 valence electrons. The second-order valence-corrected chi connectivity index (χ2v) is 10.9. The van der Waals surface area contributed by atoms with Crippen LogP contribution in [-0.2, 0) is 19.1 Å². The largest absolute Gasteiger partial charge is 0.444 e. The molecular formula is C32H36N4O5. The Balaban J connectivity index is 2.01. The smallest absolute Gasteiger partial charge is 0.408 e. The van der Waals surface area contributed by atoms with E-state index in [1.54, 1.807) is 32.9 Å². The second-order valence-electron chi connectivity index (χ2n) is 10.9. The van der Waals surface area contributed by atoms with E-state index >= 15 is 0 Å². The quantitative estimate of drug-likeness (QED) is 0.259. The van der Waals surface area contributed by atoms with Crippen LogP contribution in [0.15, 0.2) is 60.7 Å². The molecule has 0 heterocycles. The summed E-state index contributed by atoms with van der Waals surface area (Å²) in [5, 5.41) is 7.31. The van der Waals surface area contributed by atoms with E-state index in [2.05, 4.69) is 16.7 Å². The molecule has 3 aromatic carbocycles. The molecule has 0 aliphatic heterocycles. The minimum absolute atomic E-state index is 0.141. The van der Waals surface area contributed by atoms with Gasteiger partial charge in [-0.3, -0.25) is 19.3 Å². The molecule has 0 saturated carbocycles. The summed E-state index contributed by atoms with van der Waals surface area (Å²) in [7, 11) is 0. The highest BCUT2D eigenvalue weighted by Gasteiger charge is 2.36. The number of aryl methyl sites for hydroxylation is 2. The predicted molar refractivity (Wildman–Crippen MR) is 158 cm³/mol. The van der Waals surface area contributed by atoms with E-state index in [0.29, 0.717) is 11.3 Å². The molecular weight excluding hydrogens is 520 g/mol. The molecule has 4 amide bonds. The molecule has 41 heavy (non-hydrogen) atoms. The number of fused-ring (bicyclic) bond motifs is 1. The molecule has 0 aromatic heterocycles. The number of hydrogen-bond donors (Lipinski definition) is 3. The Kier molecular flexibility index (Phi) is 9.74. The number of nitrogens with one attached hydrogen (secondary N) is 2. The number of carbonyl (C=O) groups is 4. The van der Waals surface area contributed by atoms with E-state index in [1.807, 2.05) is 62.4 Å². The molecule has 3 rings (SSSR count). The fourth-order valence-corrected chi connectivity index (χ4v) is 4.43. The van der Waals surface area contributed by atoms with Crippen LogP contribution in [-0.4, -0.2) is 40.4 Å². The van der Waals surface area contributed by atoms with Gasteiger partial charge in [-0.2, -0.15) is 0 Å². The SMILES string of the molecule is C#CN(C(=O)C(CCC(N)=O)NC(=O)OC(C)(C)C)C(C(=O)Nc1ccc2ccccc2c1)c1ccc(C)cc1C. The Hall–Kier alpha value is -4.84. The Bertz CT molecular complexity index is 1500. The zero-order valence-corrected chi connectivity index (χ0v) is 24.0. The van der Waals surface area contributed by atoms with Gasteiger partial charge >= 0.3 is 6.09 Å². The summed E-state index contributed by atoms with van der Waals surface area (Å²) in [4.78, 5) is 52.9. The monoisotopic (exact) mass is 556 g/mol. The van der Waals surface area contributed by atoms with Gasteiger partial charge in [-0.1, -0.05) is 60.5 Å². The van der Waals surface area contributed by atoms with E-state index in [1.165, 1.54) is 0 Å². The van der Waals surface area contributed by atoms with Crippen molar-refractivity contribution in [3.63, 3.8) is 0 Å². The summed E-state index contributed by atoms with van der Waals surface area (Å²) in [6.45, 7) is 8.76. The lowest BCUT2D eigenvalue weighted by molar-refractivity contribution is -0.137. The molecule has 0 fully saturated rings. The first kappa shape index (κ1) is 30.7. The van der Waals surface area contributed by atoms with Crippen LogP contribution in [0.4, 0.5) is 10.5 Å². The van der Waals surface area contributed by atoms with Gasteiger partial charge in [0.15, 0.2) is 0 Å². The van der Waals surface area contributed by atoms with Crippen molar-refractivity contribution >= 4 is 40.3 Å². The van der Waals surface area contributed by atoms with Gasteiger partial charge in [0.2, 0.25) is 5.91 Å². The van der Waals surface area contributed by atoms with Crippen LogP contribution in [0.1, 0.15) is 56.3 Å². The highest BCUT2D eigenvalue weighted by molar-refractivity contribution is 6.01. The topological polar surface area (TPSA) is 131 Å². The lowest BCUT2D eigenvalue weighted by Crippen LogP contribution is -2.51. The Morgan fingerprint density at radius 2 is 1.68 bits per heavy atom. The van der Waals surface area contributed by atoms with Crippen molar-refractivity contribution in [3.05, 3.63) is 77.4 Å². The zero-order valence-electron chi connectivity index (χ0n) is 24.0. The van der Waals surface area contributed by atoms with Crippen molar-refractivity contribution in [1.29, 1.82) is 0 Å². The van der Waals surface area contributed by atoms with Gasteiger partial charge in [-0.15, -0.1) is 0 Å². The summed E-state index contributed by atoms with van der Waals surface area (Å²) < 4.78 is 5.31. The molecule has 0 bridgehead atoms. The van der Waals surface area contributed by atoms with Crippen LogP contribution in [0.5, 0.6) is 0 Å². The molecule has 0 saturated heterocycles. The number of rotatable bonds is 9. The van der Waals surface area contributed by atoms with Crippen LogP contribution in [0.25, 0.3) is 10.8 Å². The average Bonchev–Trinajstić information content (AvgIpc) is 2.88. The molecule has 4 N–H and O–H groups in total. The number of anilines is 1. The number of alkyl carbamates (subject to hydrolysis) is 1. The number of terminal acetylenes is 1. The van der Waals surface area contributed by atoms with Crippen molar-refractivity contribution in [2.24, 2.45) is 5.73 Å². The number of ether oxygens (including phenoxy) is 1. The van der Waals surface area contributed by atoms with E-state index in [4.69, 9.17) is 16.9 Å². The fourth-order valence-electron chi connectivity index (χ4n) is 4.43. The third kappa shape index (κ3) is 8.32. The van der Waals surface area contributed by atoms with E-state index < -0.39 is 41.5 Å². The van der Waals surface area contributed by atoms with E-state index in [9.17, 15) is 19.2 Å². The molecule has 9 nitrogen and oxygen atoms in total. The minimum atomic E-state index is -1.28. The van der Waals surface area contributed by atoms with Gasteiger partial charge in [0.1, 0.15) is 17.7 Å². The lowest BCUT2D eigenvalue weighted by atomic mass is 9.96. The molecule has 2 atom stereocenters. The zero-order chi connectivity index (χ0) is 30.3. The first-order valence-electron chi connectivity index (χ1n) is 13.2. The predicted octanol–water partition coefficient (Wildman–Crippen LogP) is 4.71. The number of amides is 4. The molecule has 2 unspecified atom stereocenters. The molecule has 0 aliphatic rings. The van der Waals surface area contributed by atoms with E-state index in [0.717, 1.165) is 26.8 Å². The van der Waals surface area contributed by atoms with Gasteiger partial charge in [0.25, 0.3) is 11.8 Å². The number of carbonyl (C=O) groups excluding carboxylic acids is 4. The number of primary amides is 1. The van der Waals surface area contributed by atoms with Crippen molar-refractivity contribution < 1.29 is 23.9 Å². The van der Waals surface area contributed by atoms with Crippen LogP contribution in [0.3, 0.4) is 0 Å². The maximum atomic E-state index is 13.9. The first-order chi connectivity index (χ1) is 19.3. The van der Waals surface area contributed by atoms with Gasteiger partial charge in [-0.25, -0.2) is 4.79 Å². The maximum Gasteiger partial charge on any atom is 0.408 e. The fraction of sp³-hybridized carbons (Fsp3) is 0.312. The van der Waals surface area contributed by atoms with Gasteiger partial charge in [-0.05, 0) is 75.1 Å². The summed E-state index contributed by atoms with van der Waals surface area (Å²) in [5.41, 5.74) is 7.22. The van der Waals surface area contributed by atoms with Crippen molar-refractivity contribution in [3.8, 4) is 12.5 Å². The molecule has 0 spiro atoms. The highest BCUT2D eigenvalue weighted by Crippen LogP contribution is 2.28. The molecule has 0 aliphatic carbocycles. The van der Waals surface area contributed by atoms with Crippen molar-refractivity contribution in [1.82, 2.24) is 10.2 Å². The average molecular weight is 557 g/mol. The van der Waals surface area contributed by atoms with E-state index in [-0.39, 0.29) is 12.8 Å². The summed E-state index contributed by atoms with van der Waals surface area (Å²) >= 11 is 0. The molecule has 9 heteroatoms. The lowest BCUT2D eigenvalue weighted by Gasteiger charge is -2.31. The number of benzene rings is 3. The standard InChI is InChI=1S/C32H36N4O5/c1-7-36(30(39)26(16-17-27(33)37)35-31(40)41-32(4,5)6)28(25-15-12-20(2)18-21(25)3)29(38)34-24-14-13-22-10-8-9-11-23(22)19-24/h1,8-15,18-19,26,28H,16-17H2,2-6H3,(H2,33,37)(H,34,38)(H,35,40). The second kappa shape index (κ2) is 13.0. The molecule has 3 aromatic rings. The van der Waals surface area contributed by atoms with Crippen LogP contribution in [0, 0.1) is 26.3 Å². The highest BCUT2D eigenvalue weighted by atomic mass is 16.6. The first-order valence-corrected chi connectivity index (χ1v) is 13.2. The Morgan fingerprint density at radius 3 is 2.29 bits per heavy atom. The van der Waals surface area contributed by atoms with Crippen LogP contribution < -0.4 is 16.4 Å². The molecule has 0 radical (unpaired) electrons. The van der Waals surface area contributed by atoms with Gasteiger partial charge < -0.3 is 21.1 Å². The summed E-state index contributed by atoms with van der Waals surface area (Å²) in [6.07, 6.45) is 4.64. The third-order valence-electron chi connectivity index (χ3n) is 6.29. The van der Waals surface area contributed by atoms with Gasteiger partial charge in [0, 0.05) is 18.2 Å². The number of nitrogens with zero attached hydrogens (tertiary/aromatic N) is 1. The summed E-state index contributed by atoms with van der Waals surface area (Å²) in [6, 6.07) is 18.4. The number of hydrogen-bond acceptors (Lipinski definition) is 5. The van der Waals surface area contributed by atoms with Crippen molar-refractivity contribution in [2.75, 3.05) is 5.32 Å². The Morgan fingerprint density at radius 1 is 1.00 bits per heavy atom. The summed E-state index contributed by atoms with van der Waals surface area (Å²) in [5.74, 6) is -1.98. The van der Waals surface area contributed by atoms with Crippen molar-refractivity contribution in [2.45, 2.75) is 65.1 Å². The normalized spacial score (nSPS) is 12.5. The number of nitrogens with two attached hydrogens (primary N) is 1.